The third kappa shape index (κ3) is 3.82. The molecule has 1 saturated heterocycles. The van der Waals surface area contributed by atoms with Gasteiger partial charge in [0.05, 0.1) is 5.69 Å². The van der Waals surface area contributed by atoms with Gasteiger partial charge in [0.25, 0.3) is 10.2 Å². The Bertz CT molecular complexity index is 809. The highest BCUT2D eigenvalue weighted by Gasteiger charge is 2.46. The molecule has 1 fully saturated rings. The van der Waals surface area contributed by atoms with E-state index in [0.29, 0.717) is 13.0 Å². The summed E-state index contributed by atoms with van der Waals surface area (Å²) in [5, 5.41) is 0. The Balaban J connectivity index is 2.30. The first-order chi connectivity index (χ1) is 10.9. The molecule has 1 heterocycles. The number of alkyl halides is 3. The molecule has 0 aromatic heterocycles. The van der Waals surface area contributed by atoms with Crippen molar-refractivity contribution in [1.82, 2.24) is 8.61 Å². The summed E-state index contributed by atoms with van der Waals surface area (Å²) in [6.07, 6.45) is 0.562. The maximum Gasteiger partial charge on any atom is 0.516 e. The second-order valence-electron chi connectivity index (χ2n) is 5.22. The van der Waals surface area contributed by atoms with Gasteiger partial charge >= 0.3 is 15.5 Å². The van der Waals surface area contributed by atoms with E-state index in [1.54, 1.807) is 0 Å². The molecule has 0 saturated carbocycles. The number of rotatable bonds is 4. The molecule has 1 aliphatic heterocycles. The highest BCUT2D eigenvalue weighted by atomic mass is 32.2. The summed E-state index contributed by atoms with van der Waals surface area (Å²) in [5.74, 6) is 0. The van der Waals surface area contributed by atoms with Gasteiger partial charge in [-0.25, -0.2) is 0 Å². The lowest BCUT2D eigenvalue weighted by atomic mass is 10.2. The summed E-state index contributed by atoms with van der Waals surface area (Å²) in [6, 6.07) is 5.37. The van der Waals surface area contributed by atoms with Crippen LogP contribution in [0.5, 0.6) is 0 Å². The van der Waals surface area contributed by atoms with Crippen LogP contribution in [0.15, 0.2) is 24.3 Å². The van der Waals surface area contributed by atoms with E-state index in [0.717, 1.165) is 14.7 Å². The van der Waals surface area contributed by atoms with Gasteiger partial charge in [0, 0.05) is 26.7 Å². The van der Waals surface area contributed by atoms with Gasteiger partial charge < -0.3 is 0 Å². The van der Waals surface area contributed by atoms with E-state index in [-0.39, 0.29) is 24.3 Å². The van der Waals surface area contributed by atoms with Gasteiger partial charge in [0.2, 0.25) is 0 Å². The van der Waals surface area contributed by atoms with E-state index in [9.17, 15) is 30.0 Å². The predicted octanol–water partition coefficient (Wildman–Crippen LogP) is 1.33. The van der Waals surface area contributed by atoms with Gasteiger partial charge in [0.1, 0.15) is 0 Å². The molecule has 1 aliphatic rings. The molecule has 24 heavy (non-hydrogen) atoms. The van der Waals surface area contributed by atoms with Crippen LogP contribution >= 0.6 is 0 Å². The Morgan fingerprint density at radius 1 is 1.21 bits per heavy atom. The number of benzene rings is 1. The van der Waals surface area contributed by atoms with Crippen molar-refractivity contribution in [2.75, 3.05) is 24.9 Å². The molecule has 2 rings (SSSR count). The van der Waals surface area contributed by atoms with Gasteiger partial charge in [-0.3, -0.25) is 4.72 Å². The zero-order valence-electron chi connectivity index (χ0n) is 12.6. The molecule has 0 atom stereocenters. The average Bonchev–Trinajstić information content (AvgIpc) is 2.44. The van der Waals surface area contributed by atoms with Gasteiger partial charge in [-0.15, -0.1) is 0 Å². The zero-order chi connectivity index (χ0) is 18.2. The molecule has 7 nitrogen and oxygen atoms in total. The smallest absolute Gasteiger partial charge is 0.276 e. The van der Waals surface area contributed by atoms with Gasteiger partial charge in [0.15, 0.2) is 0 Å². The maximum absolute atomic E-state index is 12.5. The van der Waals surface area contributed by atoms with Crippen LogP contribution in [0, 0.1) is 0 Å². The number of hydrogen-bond acceptors (Lipinski definition) is 4. The summed E-state index contributed by atoms with van der Waals surface area (Å²) in [7, 11) is -7.90. The van der Waals surface area contributed by atoms with E-state index in [1.165, 1.54) is 30.0 Å². The van der Waals surface area contributed by atoms with Crippen LogP contribution in [0.3, 0.4) is 0 Å². The fraction of sp³-hybridized carbons (Fsp3) is 0.500. The summed E-state index contributed by atoms with van der Waals surface area (Å²) < 4.78 is 88.2. The summed E-state index contributed by atoms with van der Waals surface area (Å²) in [4.78, 5) is 0. The number of anilines is 1. The Hall–Kier alpha value is -1.37. The van der Waals surface area contributed by atoms with Crippen molar-refractivity contribution >= 4 is 25.9 Å². The normalized spacial score (nSPS) is 20.0. The molecular weight excluding hydrogens is 371 g/mol. The molecule has 12 heteroatoms. The quantitative estimate of drug-likeness (QED) is 0.845. The average molecular weight is 387 g/mol. The Morgan fingerprint density at radius 3 is 2.46 bits per heavy atom. The van der Waals surface area contributed by atoms with Crippen LogP contribution in [0.1, 0.15) is 12.0 Å². The Kier molecular flexibility index (Phi) is 5.14. The largest absolute Gasteiger partial charge is 0.516 e. The molecule has 0 amide bonds. The third-order valence-corrected chi connectivity index (χ3v) is 6.55. The van der Waals surface area contributed by atoms with Crippen molar-refractivity contribution in [3.8, 4) is 0 Å². The molecule has 0 aliphatic carbocycles. The second kappa shape index (κ2) is 6.50. The SMILES string of the molecule is CN1CCCN(Cc2ccccc2NS(=O)(=O)C(F)(F)F)S1(=O)=O. The fourth-order valence-electron chi connectivity index (χ4n) is 2.21. The van der Waals surface area contributed by atoms with E-state index >= 15 is 0 Å². The minimum Gasteiger partial charge on any atom is -0.276 e. The van der Waals surface area contributed by atoms with Crippen molar-refractivity contribution < 1.29 is 30.0 Å². The van der Waals surface area contributed by atoms with E-state index in [1.807, 2.05) is 0 Å². The van der Waals surface area contributed by atoms with E-state index in [2.05, 4.69) is 0 Å². The van der Waals surface area contributed by atoms with Gasteiger partial charge in [-0.1, -0.05) is 18.2 Å². The monoisotopic (exact) mass is 387 g/mol. The number of hydrogen-bond donors (Lipinski definition) is 1. The molecule has 0 spiro atoms. The number of nitrogens with one attached hydrogen (secondary N) is 1. The van der Waals surface area contributed by atoms with Gasteiger partial charge in [-0.05, 0) is 18.1 Å². The summed E-state index contributed by atoms with van der Waals surface area (Å²) in [5.41, 5.74) is -5.64. The highest BCUT2D eigenvalue weighted by molar-refractivity contribution is 7.93. The second-order valence-corrected chi connectivity index (χ2v) is 8.93. The lowest BCUT2D eigenvalue weighted by Crippen LogP contribution is -2.47. The minimum absolute atomic E-state index is 0.129. The Morgan fingerprint density at radius 2 is 1.83 bits per heavy atom. The van der Waals surface area contributed by atoms with Crippen LogP contribution in [-0.4, -0.2) is 51.1 Å². The van der Waals surface area contributed by atoms with Crippen molar-refractivity contribution in [2.24, 2.45) is 0 Å². The van der Waals surface area contributed by atoms with E-state index < -0.39 is 25.7 Å². The molecule has 1 aromatic carbocycles. The highest BCUT2D eigenvalue weighted by Crippen LogP contribution is 2.28. The number of para-hydroxylation sites is 1. The van der Waals surface area contributed by atoms with Crippen LogP contribution in [0.4, 0.5) is 18.9 Å². The first-order valence-corrected chi connectivity index (χ1v) is 9.71. The summed E-state index contributed by atoms with van der Waals surface area (Å²) >= 11 is 0. The van der Waals surface area contributed by atoms with Crippen LogP contribution in [0.25, 0.3) is 0 Å². The molecular formula is C12H16F3N3O4S2. The topological polar surface area (TPSA) is 86.8 Å². The van der Waals surface area contributed by atoms with Crippen molar-refractivity contribution in [2.45, 2.75) is 18.5 Å². The summed E-state index contributed by atoms with van der Waals surface area (Å²) in [6.45, 7) is 0.317. The molecule has 0 unspecified atom stereocenters. The number of sulfonamides is 1. The number of nitrogens with zero attached hydrogens (tertiary/aromatic N) is 2. The Labute approximate surface area is 138 Å². The van der Waals surface area contributed by atoms with Crippen LogP contribution in [-0.2, 0) is 26.8 Å². The predicted molar refractivity (Wildman–Crippen MR) is 81.6 cm³/mol. The first kappa shape index (κ1) is 19.0. The van der Waals surface area contributed by atoms with Gasteiger partial charge in [-0.2, -0.15) is 38.6 Å². The van der Waals surface area contributed by atoms with Crippen LogP contribution < -0.4 is 4.72 Å². The molecule has 0 radical (unpaired) electrons. The minimum atomic E-state index is -5.58. The van der Waals surface area contributed by atoms with Crippen molar-refractivity contribution in [3.05, 3.63) is 29.8 Å². The van der Waals surface area contributed by atoms with Crippen molar-refractivity contribution in [1.29, 1.82) is 0 Å². The van der Waals surface area contributed by atoms with Crippen LogP contribution in [0.2, 0.25) is 0 Å². The maximum atomic E-state index is 12.5. The standard InChI is InChI=1S/C12H16F3N3O4S2/c1-17-7-4-8-18(24(17,21)22)9-10-5-2-3-6-11(10)16-23(19,20)12(13,14)15/h2-3,5-6,16H,4,7-9H2,1H3. The fourth-order valence-corrected chi connectivity index (χ4v) is 4.23. The third-order valence-electron chi connectivity index (χ3n) is 3.51. The zero-order valence-corrected chi connectivity index (χ0v) is 14.2. The molecule has 0 bridgehead atoms. The lowest BCUT2D eigenvalue weighted by Gasteiger charge is -2.32. The van der Waals surface area contributed by atoms with E-state index in [4.69, 9.17) is 0 Å². The first-order valence-electron chi connectivity index (χ1n) is 6.83. The lowest BCUT2D eigenvalue weighted by molar-refractivity contribution is -0.0429. The molecule has 1 N–H and O–H groups in total. The van der Waals surface area contributed by atoms with Crippen molar-refractivity contribution in [3.63, 3.8) is 0 Å². The molecule has 1 aromatic rings. The number of halogens is 3. The molecule has 136 valence electrons.